The number of rotatable bonds is 4. The van der Waals surface area contributed by atoms with Gasteiger partial charge in [0.25, 0.3) is 5.91 Å². The number of hydrogen-bond acceptors (Lipinski definition) is 3. The molecule has 0 bridgehead atoms. The molecule has 6 heteroatoms. The Hall–Kier alpha value is -3.10. The monoisotopic (exact) mass is 336 g/mol. The number of hydrogen-bond donors (Lipinski definition) is 2. The molecule has 2 heterocycles. The number of fused-ring (bicyclic) bond motifs is 1. The van der Waals surface area contributed by atoms with Gasteiger partial charge in [0.05, 0.1) is 0 Å². The summed E-state index contributed by atoms with van der Waals surface area (Å²) in [6.45, 7) is 0.315. The molecule has 0 aliphatic heterocycles. The van der Waals surface area contributed by atoms with Crippen LogP contribution in [-0.2, 0) is 11.3 Å². The van der Waals surface area contributed by atoms with Crippen LogP contribution < -0.4 is 5.32 Å². The Labute approximate surface area is 143 Å². The predicted octanol–water partition coefficient (Wildman–Crippen LogP) is 3.44. The third-order valence-corrected chi connectivity index (χ3v) is 3.75. The third-order valence-electron chi connectivity index (χ3n) is 3.52. The zero-order valence-electron chi connectivity index (χ0n) is 12.6. The van der Waals surface area contributed by atoms with Gasteiger partial charge in [-0.15, -0.1) is 0 Å². The van der Waals surface area contributed by atoms with Gasteiger partial charge in [0.2, 0.25) is 0 Å². The van der Waals surface area contributed by atoms with Gasteiger partial charge < -0.3 is 10.3 Å². The fourth-order valence-corrected chi connectivity index (χ4v) is 2.50. The summed E-state index contributed by atoms with van der Waals surface area (Å²) >= 11 is 5.95. The standard InChI is InChI=1S/C18H13ClN4O/c19-15-3-4-16-14(11-22-17(16)7-15)6-13(8-20)18(24)23-10-12-2-1-5-21-9-12/h1-7,9,11,22H,10H2,(H,23,24)/b13-6+. The van der Waals surface area contributed by atoms with E-state index in [0.717, 1.165) is 22.0 Å². The van der Waals surface area contributed by atoms with E-state index in [1.807, 2.05) is 18.2 Å². The Bertz CT molecular complexity index is 954. The van der Waals surface area contributed by atoms with Gasteiger partial charge in [0.1, 0.15) is 11.6 Å². The molecule has 0 radical (unpaired) electrons. The van der Waals surface area contributed by atoms with Gasteiger partial charge in [-0.1, -0.05) is 23.7 Å². The van der Waals surface area contributed by atoms with Crippen molar-refractivity contribution in [1.82, 2.24) is 15.3 Å². The lowest BCUT2D eigenvalue weighted by atomic mass is 10.1. The van der Waals surface area contributed by atoms with Gasteiger partial charge in [0.15, 0.2) is 0 Å². The number of pyridine rings is 1. The van der Waals surface area contributed by atoms with Crippen LogP contribution in [0.3, 0.4) is 0 Å². The van der Waals surface area contributed by atoms with Crippen LogP contribution in [0, 0.1) is 11.3 Å². The number of aromatic nitrogens is 2. The fraction of sp³-hybridized carbons (Fsp3) is 0.0556. The first-order chi connectivity index (χ1) is 11.7. The minimum Gasteiger partial charge on any atom is -0.361 e. The summed E-state index contributed by atoms with van der Waals surface area (Å²) in [4.78, 5) is 19.3. The number of H-pyrrole nitrogens is 1. The Morgan fingerprint density at radius 3 is 3.04 bits per heavy atom. The average molecular weight is 337 g/mol. The van der Waals surface area contributed by atoms with Crippen molar-refractivity contribution in [2.75, 3.05) is 0 Å². The number of benzene rings is 1. The van der Waals surface area contributed by atoms with Crippen molar-refractivity contribution >= 4 is 34.5 Å². The first-order valence-electron chi connectivity index (χ1n) is 7.23. The molecule has 24 heavy (non-hydrogen) atoms. The lowest BCUT2D eigenvalue weighted by Gasteiger charge is -2.03. The summed E-state index contributed by atoms with van der Waals surface area (Å²) in [6, 6.07) is 11.0. The molecule has 0 saturated heterocycles. The van der Waals surface area contributed by atoms with Crippen molar-refractivity contribution < 1.29 is 4.79 Å². The van der Waals surface area contributed by atoms with E-state index < -0.39 is 5.91 Å². The summed E-state index contributed by atoms with van der Waals surface area (Å²) < 4.78 is 0. The molecular weight excluding hydrogens is 324 g/mol. The van der Waals surface area contributed by atoms with E-state index in [9.17, 15) is 10.1 Å². The number of nitrogens with one attached hydrogen (secondary N) is 2. The van der Waals surface area contributed by atoms with Gasteiger partial charge in [0, 0.05) is 46.6 Å². The molecule has 3 aromatic rings. The smallest absolute Gasteiger partial charge is 0.262 e. The predicted molar refractivity (Wildman–Crippen MR) is 93.0 cm³/mol. The van der Waals surface area contributed by atoms with E-state index in [-0.39, 0.29) is 5.57 Å². The van der Waals surface area contributed by atoms with Crippen LogP contribution in [0.1, 0.15) is 11.1 Å². The van der Waals surface area contributed by atoms with Crippen LogP contribution in [-0.4, -0.2) is 15.9 Å². The van der Waals surface area contributed by atoms with Crippen molar-refractivity contribution in [3.8, 4) is 6.07 Å². The third kappa shape index (κ3) is 3.45. The van der Waals surface area contributed by atoms with Gasteiger partial charge in [-0.2, -0.15) is 5.26 Å². The highest BCUT2D eigenvalue weighted by Crippen LogP contribution is 2.23. The Balaban J connectivity index is 1.80. The number of carbonyl (C=O) groups is 1. The molecule has 0 aliphatic rings. The number of aromatic amines is 1. The van der Waals surface area contributed by atoms with Crippen LogP contribution in [0.5, 0.6) is 0 Å². The lowest BCUT2D eigenvalue weighted by molar-refractivity contribution is -0.117. The Morgan fingerprint density at radius 1 is 1.42 bits per heavy atom. The number of carbonyl (C=O) groups excluding carboxylic acids is 1. The molecule has 2 aromatic heterocycles. The van der Waals surface area contributed by atoms with E-state index in [4.69, 9.17) is 11.6 Å². The van der Waals surface area contributed by atoms with E-state index >= 15 is 0 Å². The molecule has 0 saturated carbocycles. The van der Waals surface area contributed by atoms with E-state index in [0.29, 0.717) is 11.6 Å². The summed E-state index contributed by atoms with van der Waals surface area (Å²) in [5.41, 5.74) is 2.51. The Kier molecular flexibility index (Phi) is 4.59. The zero-order chi connectivity index (χ0) is 16.9. The highest BCUT2D eigenvalue weighted by atomic mass is 35.5. The van der Waals surface area contributed by atoms with E-state index in [2.05, 4.69) is 15.3 Å². The molecule has 0 aliphatic carbocycles. The van der Waals surface area contributed by atoms with Crippen molar-refractivity contribution in [2.45, 2.75) is 6.54 Å². The maximum absolute atomic E-state index is 12.2. The van der Waals surface area contributed by atoms with Gasteiger partial charge in [-0.3, -0.25) is 9.78 Å². The second kappa shape index (κ2) is 6.99. The van der Waals surface area contributed by atoms with Crippen molar-refractivity contribution in [3.63, 3.8) is 0 Å². The quantitative estimate of drug-likeness (QED) is 0.565. The molecule has 2 N–H and O–H groups in total. The molecule has 3 rings (SSSR count). The molecule has 1 aromatic carbocycles. The van der Waals surface area contributed by atoms with Crippen LogP contribution >= 0.6 is 11.6 Å². The molecule has 0 spiro atoms. The van der Waals surface area contributed by atoms with Crippen LogP contribution in [0.15, 0.2) is 54.5 Å². The first kappa shape index (κ1) is 15.8. The first-order valence-corrected chi connectivity index (χ1v) is 7.60. The topological polar surface area (TPSA) is 81.6 Å². The van der Waals surface area contributed by atoms with Crippen LogP contribution in [0.2, 0.25) is 5.02 Å². The molecule has 0 atom stereocenters. The lowest BCUT2D eigenvalue weighted by Crippen LogP contribution is -2.23. The summed E-state index contributed by atoms with van der Waals surface area (Å²) in [5.74, 6) is -0.426. The fourth-order valence-electron chi connectivity index (χ4n) is 2.32. The number of amides is 1. The number of halogens is 1. The Morgan fingerprint density at radius 2 is 2.29 bits per heavy atom. The number of nitrogens with zero attached hydrogens (tertiary/aromatic N) is 2. The molecule has 0 unspecified atom stereocenters. The van der Waals surface area contributed by atoms with Crippen molar-refractivity contribution in [3.05, 3.63) is 70.6 Å². The van der Waals surface area contributed by atoms with Crippen molar-refractivity contribution in [1.29, 1.82) is 5.26 Å². The van der Waals surface area contributed by atoms with Gasteiger partial charge >= 0.3 is 0 Å². The van der Waals surface area contributed by atoms with E-state index in [1.54, 1.807) is 42.9 Å². The second-order valence-corrected chi connectivity index (χ2v) is 5.58. The van der Waals surface area contributed by atoms with Crippen LogP contribution in [0.4, 0.5) is 0 Å². The highest BCUT2D eigenvalue weighted by Gasteiger charge is 2.10. The van der Waals surface area contributed by atoms with E-state index in [1.165, 1.54) is 0 Å². The SMILES string of the molecule is N#C/C(=C\c1c[nH]c2cc(Cl)ccc12)C(=O)NCc1cccnc1. The van der Waals surface area contributed by atoms with Crippen molar-refractivity contribution in [2.24, 2.45) is 0 Å². The summed E-state index contributed by atoms with van der Waals surface area (Å²) in [5, 5.41) is 13.5. The normalized spacial score (nSPS) is 11.2. The largest absolute Gasteiger partial charge is 0.361 e. The molecule has 1 amide bonds. The zero-order valence-corrected chi connectivity index (χ0v) is 13.3. The molecule has 0 fully saturated rings. The second-order valence-electron chi connectivity index (χ2n) is 5.15. The molecular formula is C18H13ClN4O. The minimum atomic E-state index is -0.426. The maximum Gasteiger partial charge on any atom is 0.262 e. The van der Waals surface area contributed by atoms with Crippen LogP contribution in [0.25, 0.3) is 17.0 Å². The summed E-state index contributed by atoms with van der Waals surface area (Å²) in [6.07, 6.45) is 6.63. The molecule has 118 valence electrons. The number of nitriles is 1. The average Bonchev–Trinajstić information content (AvgIpc) is 3.00. The van der Waals surface area contributed by atoms with Gasteiger partial charge in [-0.25, -0.2) is 0 Å². The van der Waals surface area contributed by atoms with Gasteiger partial charge in [-0.05, 0) is 29.8 Å². The summed E-state index contributed by atoms with van der Waals surface area (Å²) in [7, 11) is 0. The highest BCUT2D eigenvalue weighted by molar-refractivity contribution is 6.31. The minimum absolute atomic E-state index is 0.0368. The maximum atomic E-state index is 12.2. The molecule has 5 nitrogen and oxygen atoms in total.